The van der Waals surface area contributed by atoms with Crippen LogP contribution in [0.15, 0.2) is 42.7 Å². The Labute approximate surface area is 112 Å². The van der Waals surface area contributed by atoms with Gasteiger partial charge in [0, 0.05) is 30.0 Å². The number of nitrogens with zero attached hydrogens (tertiary/aromatic N) is 1. The van der Waals surface area contributed by atoms with Crippen LogP contribution in [0.1, 0.15) is 16.7 Å². The highest BCUT2D eigenvalue weighted by Gasteiger charge is 2.20. The van der Waals surface area contributed by atoms with Gasteiger partial charge in [0.25, 0.3) is 0 Å². The summed E-state index contributed by atoms with van der Waals surface area (Å²) in [6.07, 6.45) is 5.83. The molecular weight excluding hydrogens is 244 g/mol. The standard InChI is InChI=1S/C15H15ClN2/c16-14-2-1-12-8-15(9-13(12)7-14)18-10-11-3-5-17-6-4-11/h1-7,15,18H,8-10H2. The summed E-state index contributed by atoms with van der Waals surface area (Å²) in [7, 11) is 0. The minimum atomic E-state index is 0.520. The first-order valence-corrected chi connectivity index (χ1v) is 6.58. The van der Waals surface area contributed by atoms with Crippen LogP contribution >= 0.6 is 11.6 Å². The Morgan fingerprint density at radius 3 is 2.72 bits per heavy atom. The smallest absolute Gasteiger partial charge is 0.0408 e. The van der Waals surface area contributed by atoms with Crippen LogP contribution < -0.4 is 5.32 Å². The molecule has 18 heavy (non-hydrogen) atoms. The van der Waals surface area contributed by atoms with E-state index >= 15 is 0 Å². The van der Waals surface area contributed by atoms with E-state index in [9.17, 15) is 0 Å². The van der Waals surface area contributed by atoms with Crippen molar-refractivity contribution in [3.63, 3.8) is 0 Å². The number of hydrogen-bond acceptors (Lipinski definition) is 2. The first-order chi connectivity index (χ1) is 8.81. The van der Waals surface area contributed by atoms with Gasteiger partial charge in [0.1, 0.15) is 0 Å². The fourth-order valence-corrected chi connectivity index (χ4v) is 2.69. The molecule has 1 aliphatic carbocycles. The molecule has 3 heteroatoms. The van der Waals surface area contributed by atoms with Crippen molar-refractivity contribution in [2.24, 2.45) is 0 Å². The number of rotatable bonds is 3. The lowest BCUT2D eigenvalue weighted by molar-refractivity contribution is 0.532. The summed E-state index contributed by atoms with van der Waals surface area (Å²) in [6, 6.07) is 10.8. The SMILES string of the molecule is Clc1ccc2c(c1)CC(NCc1ccncc1)C2. The molecule has 1 unspecified atom stereocenters. The molecule has 1 N–H and O–H groups in total. The molecule has 0 saturated carbocycles. The molecule has 0 saturated heterocycles. The Kier molecular flexibility index (Phi) is 3.31. The number of halogens is 1. The molecular formula is C15H15ClN2. The molecule has 1 aromatic heterocycles. The summed E-state index contributed by atoms with van der Waals surface area (Å²) >= 11 is 6.02. The van der Waals surface area contributed by atoms with E-state index in [1.54, 1.807) is 0 Å². The summed E-state index contributed by atoms with van der Waals surface area (Å²) in [5, 5.41) is 4.43. The van der Waals surface area contributed by atoms with Gasteiger partial charge in [-0.1, -0.05) is 17.7 Å². The van der Waals surface area contributed by atoms with E-state index in [1.807, 2.05) is 30.6 Å². The van der Waals surface area contributed by atoms with Crippen LogP contribution in [-0.2, 0) is 19.4 Å². The summed E-state index contributed by atoms with van der Waals surface area (Å²) < 4.78 is 0. The molecule has 0 aliphatic heterocycles. The summed E-state index contributed by atoms with van der Waals surface area (Å²) in [6.45, 7) is 0.898. The zero-order chi connectivity index (χ0) is 12.4. The first kappa shape index (κ1) is 11.7. The topological polar surface area (TPSA) is 24.9 Å². The highest BCUT2D eigenvalue weighted by Crippen LogP contribution is 2.25. The third-order valence-corrected chi connectivity index (χ3v) is 3.68. The van der Waals surface area contributed by atoms with Gasteiger partial charge in [-0.3, -0.25) is 4.98 Å². The number of benzene rings is 1. The molecule has 1 aromatic carbocycles. The number of nitrogens with one attached hydrogen (secondary N) is 1. The van der Waals surface area contributed by atoms with Crippen molar-refractivity contribution >= 4 is 11.6 Å². The van der Waals surface area contributed by atoms with Crippen molar-refractivity contribution in [1.82, 2.24) is 10.3 Å². The lowest BCUT2D eigenvalue weighted by Gasteiger charge is -2.11. The van der Waals surface area contributed by atoms with Crippen LogP contribution in [0.2, 0.25) is 5.02 Å². The van der Waals surface area contributed by atoms with Crippen LogP contribution in [0.3, 0.4) is 0 Å². The molecule has 1 atom stereocenters. The van der Waals surface area contributed by atoms with Crippen LogP contribution in [0.4, 0.5) is 0 Å². The van der Waals surface area contributed by atoms with Crippen molar-refractivity contribution in [3.8, 4) is 0 Å². The van der Waals surface area contributed by atoms with Crippen molar-refractivity contribution < 1.29 is 0 Å². The maximum Gasteiger partial charge on any atom is 0.0408 e. The normalized spacial score (nSPS) is 17.7. The minimum absolute atomic E-state index is 0.520. The molecule has 3 rings (SSSR count). The fourth-order valence-electron chi connectivity index (χ4n) is 2.49. The van der Waals surface area contributed by atoms with Crippen molar-refractivity contribution in [3.05, 3.63) is 64.4 Å². The van der Waals surface area contributed by atoms with Gasteiger partial charge < -0.3 is 5.32 Å². The van der Waals surface area contributed by atoms with E-state index in [2.05, 4.69) is 22.4 Å². The highest BCUT2D eigenvalue weighted by atomic mass is 35.5. The zero-order valence-corrected chi connectivity index (χ0v) is 10.8. The maximum absolute atomic E-state index is 6.02. The number of aromatic nitrogens is 1. The summed E-state index contributed by atoms with van der Waals surface area (Å²) in [4.78, 5) is 4.02. The van der Waals surface area contributed by atoms with Crippen LogP contribution in [0.25, 0.3) is 0 Å². The Morgan fingerprint density at radius 2 is 1.89 bits per heavy atom. The molecule has 0 radical (unpaired) electrons. The number of fused-ring (bicyclic) bond motifs is 1. The lowest BCUT2D eigenvalue weighted by atomic mass is 10.1. The molecule has 0 bridgehead atoms. The van der Waals surface area contributed by atoms with E-state index in [0.29, 0.717) is 6.04 Å². The Morgan fingerprint density at radius 1 is 1.11 bits per heavy atom. The summed E-state index contributed by atoms with van der Waals surface area (Å²) in [5.41, 5.74) is 4.08. The molecule has 2 aromatic rings. The largest absolute Gasteiger partial charge is 0.309 e. The van der Waals surface area contributed by atoms with Crippen molar-refractivity contribution in [2.75, 3.05) is 0 Å². The second-order valence-corrected chi connectivity index (χ2v) is 5.19. The van der Waals surface area contributed by atoms with Crippen molar-refractivity contribution in [1.29, 1.82) is 0 Å². The van der Waals surface area contributed by atoms with Gasteiger partial charge in [-0.15, -0.1) is 0 Å². The van der Waals surface area contributed by atoms with Gasteiger partial charge in [0.2, 0.25) is 0 Å². The third kappa shape index (κ3) is 2.55. The van der Waals surface area contributed by atoms with Gasteiger partial charge in [0.15, 0.2) is 0 Å². The molecule has 1 heterocycles. The molecule has 0 spiro atoms. The fraction of sp³-hybridized carbons (Fsp3) is 0.267. The quantitative estimate of drug-likeness (QED) is 0.916. The monoisotopic (exact) mass is 258 g/mol. The zero-order valence-electron chi connectivity index (χ0n) is 10.1. The van der Waals surface area contributed by atoms with Gasteiger partial charge in [-0.2, -0.15) is 0 Å². The Bertz CT molecular complexity index is 539. The summed E-state index contributed by atoms with van der Waals surface area (Å²) in [5.74, 6) is 0. The van der Waals surface area contributed by atoms with E-state index in [0.717, 1.165) is 24.4 Å². The van der Waals surface area contributed by atoms with E-state index in [1.165, 1.54) is 16.7 Å². The predicted octanol–water partition coefficient (Wildman–Crippen LogP) is 2.99. The van der Waals surface area contributed by atoms with Crippen LogP contribution in [0.5, 0.6) is 0 Å². The highest BCUT2D eigenvalue weighted by molar-refractivity contribution is 6.30. The van der Waals surface area contributed by atoms with E-state index < -0.39 is 0 Å². The van der Waals surface area contributed by atoms with Gasteiger partial charge >= 0.3 is 0 Å². The van der Waals surface area contributed by atoms with Gasteiger partial charge in [0.05, 0.1) is 0 Å². The van der Waals surface area contributed by atoms with Crippen LogP contribution in [0, 0.1) is 0 Å². The maximum atomic E-state index is 6.02. The van der Waals surface area contributed by atoms with E-state index in [-0.39, 0.29) is 0 Å². The first-order valence-electron chi connectivity index (χ1n) is 6.21. The Balaban J connectivity index is 1.61. The molecule has 1 aliphatic rings. The number of pyridine rings is 1. The second kappa shape index (κ2) is 5.09. The van der Waals surface area contributed by atoms with E-state index in [4.69, 9.17) is 11.6 Å². The minimum Gasteiger partial charge on any atom is -0.309 e. The number of hydrogen-bond donors (Lipinski definition) is 1. The molecule has 92 valence electrons. The molecule has 0 fully saturated rings. The molecule has 0 amide bonds. The van der Waals surface area contributed by atoms with Gasteiger partial charge in [-0.25, -0.2) is 0 Å². The second-order valence-electron chi connectivity index (χ2n) is 4.75. The lowest BCUT2D eigenvalue weighted by Crippen LogP contribution is -2.28. The predicted molar refractivity (Wildman–Crippen MR) is 73.7 cm³/mol. The van der Waals surface area contributed by atoms with Crippen molar-refractivity contribution in [2.45, 2.75) is 25.4 Å². The van der Waals surface area contributed by atoms with Gasteiger partial charge in [-0.05, 0) is 53.8 Å². The average Bonchev–Trinajstić information content (AvgIpc) is 2.79. The van der Waals surface area contributed by atoms with Crippen LogP contribution in [-0.4, -0.2) is 11.0 Å². The Hall–Kier alpha value is -1.38. The molecule has 2 nitrogen and oxygen atoms in total. The average molecular weight is 259 g/mol. The third-order valence-electron chi connectivity index (χ3n) is 3.45.